The molecule has 0 aliphatic carbocycles. The van der Waals surface area contributed by atoms with Gasteiger partial charge in [0.2, 0.25) is 0 Å². The van der Waals surface area contributed by atoms with Gasteiger partial charge < -0.3 is 14.7 Å². The number of rotatable bonds is 5. The molecule has 1 aromatic heterocycles. The van der Waals surface area contributed by atoms with Gasteiger partial charge in [0.15, 0.2) is 5.03 Å². The minimum absolute atomic E-state index is 0.0566. The lowest BCUT2D eigenvalue weighted by molar-refractivity contribution is -0.0156. The molecule has 1 aromatic rings. The van der Waals surface area contributed by atoms with Crippen molar-refractivity contribution in [2.24, 2.45) is 0 Å². The van der Waals surface area contributed by atoms with Crippen molar-refractivity contribution < 1.29 is 18.3 Å². The van der Waals surface area contributed by atoms with Gasteiger partial charge in [-0.05, 0) is 18.7 Å². The van der Waals surface area contributed by atoms with Crippen LogP contribution in [-0.4, -0.2) is 62.8 Å². The summed E-state index contributed by atoms with van der Waals surface area (Å²) >= 11 is 0. The van der Waals surface area contributed by atoms with Crippen LogP contribution >= 0.6 is 0 Å². The number of pyridine rings is 1. The second-order valence-corrected chi connectivity index (χ2v) is 6.48. The van der Waals surface area contributed by atoms with Crippen LogP contribution in [0.25, 0.3) is 0 Å². The third kappa shape index (κ3) is 3.97. The standard InChI is InChI=1S/C12H19N3O4S/c1-15-4-5-19-11(8-15)7-14-20(17,18)12-3-2-10(9-16)6-13-12/h2-3,6,11,14,16H,4-5,7-9H2,1H3. The first-order valence-corrected chi connectivity index (χ1v) is 7.85. The predicted molar refractivity (Wildman–Crippen MR) is 72.6 cm³/mol. The lowest BCUT2D eigenvalue weighted by atomic mass is 10.3. The van der Waals surface area contributed by atoms with Gasteiger partial charge in [0, 0.05) is 25.8 Å². The van der Waals surface area contributed by atoms with E-state index < -0.39 is 10.0 Å². The lowest BCUT2D eigenvalue weighted by Crippen LogP contribution is -2.45. The Labute approximate surface area is 118 Å². The van der Waals surface area contributed by atoms with Gasteiger partial charge in [-0.2, -0.15) is 0 Å². The third-order valence-electron chi connectivity index (χ3n) is 3.10. The monoisotopic (exact) mass is 301 g/mol. The zero-order valence-electron chi connectivity index (χ0n) is 11.3. The van der Waals surface area contributed by atoms with E-state index in [1.807, 2.05) is 7.05 Å². The van der Waals surface area contributed by atoms with Crippen LogP contribution in [0.4, 0.5) is 0 Å². The summed E-state index contributed by atoms with van der Waals surface area (Å²) in [5.74, 6) is 0. The van der Waals surface area contributed by atoms with Crippen molar-refractivity contribution in [3.05, 3.63) is 23.9 Å². The van der Waals surface area contributed by atoms with Gasteiger partial charge in [0.25, 0.3) is 10.0 Å². The summed E-state index contributed by atoms with van der Waals surface area (Å²) in [7, 11) is -1.67. The molecule has 0 radical (unpaired) electrons. The summed E-state index contributed by atoms with van der Waals surface area (Å²) in [4.78, 5) is 5.93. The summed E-state index contributed by atoms with van der Waals surface area (Å²) in [6.45, 7) is 2.21. The Morgan fingerprint density at radius 2 is 2.35 bits per heavy atom. The van der Waals surface area contributed by atoms with E-state index >= 15 is 0 Å². The van der Waals surface area contributed by atoms with Crippen molar-refractivity contribution in [3.8, 4) is 0 Å². The fourth-order valence-corrected chi connectivity index (χ4v) is 2.92. The van der Waals surface area contributed by atoms with Crippen LogP contribution in [0.1, 0.15) is 5.56 Å². The number of aliphatic hydroxyl groups is 1. The Balaban J connectivity index is 1.96. The molecule has 0 bridgehead atoms. The number of nitrogens with one attached hydrogen (secondary N) is 1. The zero-order chi connectivity index (χ0) is 14.6. The number of likely N-dealkylation sites (N-methyl/N-ethyl adjacent to an activating group) is 1. The molecule has 2 heterocycles. The molecule has 2 rings (SSSR count). The van der Waals surface area contributed by atoms with Gasteiger partial charge in [-0.3, -0.25) is 0 Å². The maximum absolute atomic E-state index is 12.1. The normalized spacial score (nSPS) is 21.0. The molecule has 0 saturated carbocycles. The molecular formula is C12H19N3O4S. The highest BCUT2D eigenvalue weighted by Crippen LogP contribution is 2.08. The molecule has 2 N–H and O–H groups in total. The number of ether oxygens (including phenoxy) is 1. The molecule has 1 fully saturated rings. The Bertz CT molecular complexity index is 532. The number of aliphatic hydroxyl groups excluding tert-OH is 1. The maximum Gasteiger partial charge on any atom is 0.258 e. The first kappa shape index (κ1) is 15.3. The Kier molecular flexibility index (Phi) is 5.06. The highest BCUT2D eigenvalue weighted by atomic mass is 32.2. The second-order valence-electron chi connectivity index (χ2n) is 4.77. The summed E-state index contributed by atoms with van der Waals surface area (Å²) in [5.41, 5.74) is 0.571. The quantitative estimate of drug-likeness (QED) is 0.738. The number of hydrogen-bond donors (Lipinski definition) is 2. The molecule has 1 atom stereocenters. The number of sulfonamides is 1. The summed E-state index contributed by atoms with van der Waals surface area (Å²) in [6.07, 6.45) is 1.19. The van der Waals surface area contributed by atoms with Crippen molar-refractivity contribution in [2.75, 3.05) is 33.3 Å². The van der Waals surface area contributed by atoms with E-state index in [9.17, 15) is 8.42 Å². The van der Waals surface area contributed by atoms with E-state index in [1.165, 1.54) is 18.3 Å². The number of morpholine rings is 1. The molecule has 1 aliphatic rings. The van der Waals surface area contributed by atoms with Crippen LogP contribution in [0.2, 0.25) is 0 Å². The Hall–Kier alpha value is -1.06. The molecule has 0 amide bonds. The summed E-state index contributed by atoms with van der Waals surface area (Å²) in [5, 5.41) is 8.85. The first-order valence-electron chi connectivity index (χ1n) is 6.37. The Morgan fingerprint density at radius 3 is 2.95 bits per heavy atom. The van der Waals surface area contributed by atoms with Gasteiger partial charge >= 0.3 is 0 Å². The summed E-state index contributed by atoms with van der Waals surface area (Å²) < 4.78 is 32.1. The SMILES string of the molecule is CN1CCOC(CNS(=O)(=O)c2ccc(CO)cn2)C1. The topological polar surface area (TPSA) is 91.8 Å². The molecule has 112 valence electrons. The molecule has 20 heavy (non-hydrogen) atoms. The molecule has 1 saturated heterocycles. The van der Waals surface area contributed by atoms with Crippen LogP contribution in [0.3, 0.4) is 0 Å². The van der Waals surface area contributed by atoms with Gasteiger partial charge in [-0.25, -0.2) is 18.1 Å². The predicted octanol–water partition coefficient (Wildman–Crippen LogP) is -0.817. The average Bonchev–Trinajstić information content (AvgIpc) is 2.45. The minimum Gasteiger partial charge on any atom is -0.392 e. The van der Waals surface area contributed by atoms with Crippen LogP contribution in [0, 0.1) is 0 Å². The van der Waals surface area contributed by atoms with Gasteiger partial charge in [0.1, 0.15) is 0 Å². The van der Waals surface area contributed by atoms with Gasteiger partial charge in [-0.15, -0.1) is 0 Å². The zero-order valence-corrected chi connectivity index (χ0v) is 12.1. The molecule has 0 spiro atoms. The van der Waals surface area contributed by atoms with Crippen LogP contribution < -0.4 is 4.72 Å². The fraction of sp³-hybridized carbons (Fsp3) is 0.583. The molecule has 7 nitrogen and oxygen atoms in total. The average molecular weight is 301 g/mol. The van der Waals surface area contributed by atoms with E-state index in [4.69, 9.17) is 9.84 Å². The van der Waals surface area contributed by atoms with E-state index in [1.54, 1.807) is 0 Å². The lowest BCUT2D eigenvalue weighted by Gasteiger charge is -2.29. The van der Waals surface area contributed by atoms with Crippen LogP contribution in [0.5, 0.6) is 0 Å². The maximum atomic E-state index is 12.1. The van der Waals surface area contributed by atoms with Gasteiger partial charge in [-0.1, -0.05) is 6.07 Å². The Morgan fingerprint density at radius 1 is 1.55 bits per heavy atom. The van der Waals surface area contributed by atoms with Crippen molar-refractivity contribution in [1.82, 2.24) is 14.6 Å². The van der Waals surface area contributed by atoms with Crippen LogP contribution in [-0.2, 0) is 21.4 Å². The minimum atomic E-state index is -3.64. The highest BCUT2D eigenvalue weighted by molar-refractivity contribution is 7.89. The fourth-order valence-electron chi connectivity index (χ4n) is 1.93. The van der Waals surface area contributed by atoms with E-state index in [0.29, 0.717) is 18.7 Å². The largest absolute Gasteiger partial charge is 0.392 e. The molecule has 0 aromatic carbocycles. The third-order valence-corrected chi connectivity index (χ3v) is 4.44. The van der Waals surface area contributed by atoms with Gasteiger partial charge in [0.05, 0.1) is 19.3 Å². The van der Waals surface area contributed by atoms with Crippen molar-refractivity contribution in [3.63, 3.8) is 0 Å². The summed E-state index contributed by atoms with van der Waals surface area (Å²) in [6, 6.07) is 2.91. The second kappa shape index (κ2) is 6.59. The molecular weight excluding hydrogens is 282 g/mol. The van der Waals surface area contributed by atoms with Crippen molar-refractivity contribution in [2.45, 2.75) is 17.7 Å². The van der Waals surface area contributed by atoms with E-state index in [2.05, 4.69) is 14.6 Å². The molecule has 1 unspecified atom stereocenters. The first-order chi connectivity index (χ1) is 9.51. The van der Waals surface area contributed by atoms with E-state index in [0.717, 1.165) is 6.54 Å². The molecule has 1 aliphatic heterocycles. The molecule has 8 heteroatoms. The number of aromatic nitrogens is 1. The smallest absolute Gasteiger partial charge is 0.258 e. The number of nitrogens with zero attached hydrogens (tertiary/aromatic N) is 2. The van der Waals surface area contributed by atoms with Crippen LogP contribution in [0.15, 0.2) is 23.4 Å². The van der Waals surface area contributed by atoms with E-state index in [-0.39, 0.29) is 24.3 Å². The highest BCUT2D eigenvalue weighted by Gasteiger charge is 2.21. The van der Waals surface area contributed by atoms with Crippen molar-refractivity contribution in [1.29, 1.82) is 0 Å². The van der Waals surface area contributed by atoms with Crippen molar-refractivity contribution >= 4 is 10.0 Å². The number of hydrogen-bond acceptors (Lipinski definition) is 6.